The number of halogens is 3. The molecule has 1 amide bonds. The third-order valence-electron chi connectivity index (χ3n) is 6.83. The Labute approximate surface area is 177 Å². The Morgan fingerprint density at radius 1 is 1.20 bits per heavy atom. The first-order chi connectivity index (χ1) is 14.3. The predicted octanol–water partition coefficient (Wildman–Crippen LogP) is 5.90. The predicted molar refractivity (Wildman–Crippen MR) is 117 cm³/mol. The number of alkyl halides is 3. The SMILES string of the molecule is C#CCCC1c2c(c3ccccc3n2[Si](CC)(CC)CC)CCN1C(=O)C(F)(F)F. The van der Waals surface area contributed by atoms with Crippen LogP contribution in [0.1, 0.15) is 50.9 Å². The highest BCUT2D eigenvalue weighted by Gasteiger charge is 2.48. The van der Waals surface area contributed by atoms with Gasteiger partial charge in [0.05, 0.1) is 6.04 Å². The summed E-state index contributed by atoms with van der Waals surface area (Å²) in [7, 11) is -2.03. The van der Waals surface area contributed by atoms with Crippen LogP contribution in [0.3, 0.4) is 0 Å². The maximum atomic E-state index is 13.4. The highest BCUT2D eigenvalue weighted by molar-refractivity contribution is 6.79. The first-order valence-corrected chi connectivity index (χ1v) is 13.3. The highest BCUT2D eigenvalue weighted by Crippen LogP contribution is 2.44. The number of carbonyl (C=O) groups excluding carboxylic acids is 1. The smallest absolute Gasteiger partial charge is 0.370 e. The minimum Gasteiger partial charge on any atom is -0.370 e. The third-order valence-corrected chi connectivity index (χ3v) is 12.2. The largest absolute Gasteiger partial charge is 0.471 e. The van der Waals surface area contributed by atoms with Gasteiger partial charge in [-0.3, -0.25) is 4.79 Å². The fourth-order valence-corrected chi connectivity index (χ4v) is 9.08. The van der Waals surface area contributed by atoms with E-state index in [1.54, 1.807) is 0 Å². The van der Waals surface area contributed by atoms with Crippen molar-refractivity contribution in [2.45, 2.75) is 70.4 Å². The number of hydrogen-bond donors (Lipinski definition) is 0. The lowest BCUT2D eigenvalue weighted by Gasteiger charge is -2.41. The van der Waals surface area contributed by atoms with Crippen molar-refractivity contribution in [1.29, 1.82) is 0 Å². The number of para-hydroxylation sites is 1. The molecule has 7 heteroatoms. The minimum atomic E-state index is -4.89. The van der Waals surface area contributed by atoms with E-state index in [-0.39, 0.29) is 6.54 Å². The Kier molecular flexibility index (Phi) is 6.37. The van der Waals surface area contributed by atoms with E-state index in [0.29, 0.717) is 19.3 Å². The van der Waals surface area contributed by atoms with Gasteiger partial charge in [-0.1, -0.05) is 39.0 Å². The van der Waals surface area contributed by atoms with Crippen LogP contribution in [0.25, 0.3) is 10.9 Å². The van der Waals surface area contributed by atoms with Gasteiger partial charge in [0.2, 0.25) is 0 Å². The van der Waals surface area contributed by atoms with Crippen LogP contribution in [-0.4, -0.2) is 36.0 Å². The molecule has 1 aliphatic heterocycles. The van der Waals surface area contributed by atoms with Gasteiger partial charge in [0.25, 0.3) is 0 Å². The molecular formula is C23H29F3N2OSi. The highest BCUT2D eigenvalue weighted by atomic mass is 28.3. The standard InChI is InChI=1S/C23H29F3N2OSi/c1-5-9-13-20-21-18(15-16-27(20)22(29)23(24,25)26)17-12-10-11-14-19(17)28(21)30(6-2,7-3)8-4/h1,10-12,14,20H,6-9,13,15-16H2,2-4H3. The zero-order chi connectivity index (χ0) is 22.1. The van der Waals surface area contributed by atoms with Crippen molar-refractivity contribution in [2.75, 3.05) is 6.54 Å². The van der Waals surface area contributed by atoms with Gasteiger partial charge in [-0.05, 0) is 42.6 Å². The average molecular weight is 435 g/mol. The number of fused-ring (bicyclic) bond motifs is 3. The Hall–Kier alpha value is -2.20. The summed E-state index contributed by atoms with van der Waals surface area (Å²) < 4.78 is 42.6. The molecule has 1 atom stereocenters. The normalized spacial score (nSPS) is 17.1. The summed E-state index contributed by atoms with van der Waals surface area (Å²) in [6.07, 6.45) is 1.68. The van der Waals surface area contributed by atoms with Gasteiger partial charge in [-0.2, -0.15) is 13.2 Å². The molecule has 1 aliphatic rings. The number of hydrogen-bond acceptors (Lipinski definition) is 1. The summed E-state index contributed by atoms with van der Waals surface area (Å²) in [6, 6.07) is 10.4. The molecule has 2 aromatic rings. The molecule has 1 unspecified atom stereocenters. The topological polar surface area (TPSA) is 25.2 Å². The van der Waals surface area contributed by atoms with Crippen LogP contribution in [0.4, 0.5) is 13.2 Å². The van der Waals surface area contributed by atoms with E-state index in [4.69, 9.17) is 6.42 Å². The van der Waals surface area contributed by atoms with Gasteiger partial charge in [-0.15, -0.1) is 12.3 Å². The zero-order valence-corrected chi connectivity index (χ0v) is 18.9. The molecular weight excluding hydrogens is 405 g/mol. The monoisotopic (exact) mass is 434 g/mol. The number of benzene rings is 1. The second-order valence-corrected chi connectivity index (χ2v) is 13.0. The molecule has 1 aromatic heterocycles. The van der Waals surface area contributed by atoms with E-state index in [1.807, 2.05) is 12.1 Å². The van der Waals surface area contributed by atoms with Gasteiger partial charge >= 0.3 is 12.1 Å². The molecule has 0 radical (unpaired) electrons. The van der Waals surface area contributed by atoms with Gasteiger partial charge in [0, 0.05) is 29.6 Å². The van der Waals surface area contributed by atoms with Crippen molar-refractivity contribution < 1.29 is 18.0 Å². The molecule has 0 aliphatic carbocycles. The molecule has 3 nitrogen and oxygen atoms in total. The van der Waals surface area contributed by atoms with Crippen molar-refractivity contribution in [3.8, 4) is 12.3 Å². The maximum Gasteiger partial charge on any atom is 0.471 e. The Morgan fingerprint density at radius 2 is 1.83 bits per heavy atom. The maximum absolute atomic E-state index is 13.4. The first kappa shape index (κ1) is 22.5. The van der Waals surface area contributed by atoms with E-state index < -0.39 is 26.4 Å². The lowest BCUT2D eigenvalue weighted by atomic mass is 9.94. The summed E-state index contributed by atoms with van der Waals surface area (Å²) in [5, 5.41) is 1.10. The number of carbonyl (C=O) groups is 1. The quantitative estimate of drug-likeness (QED) is 0.411. The van der Waals surface area contributed by atoms with E-state index in [0.717, 1.165) is 45.2 Å². The third kappa shape index (κ3) is 3.56. The number of terminal acetylenes is 1. The molecule has 2 heterocycles. The summed E-state index contributed by atoms with van der Waals surface area (Å²) >= 11 is 0. The second kappa shape index (κ2) is 8.50. The molecule has 0 bridgehead atoms. The van der Waals surface area contributed by atoms with Crippen LogP contribution in [-0.2, 0) is 11.2 Å². The van der Waals surface area contributed by atoms with Crippen molar-refractivity contribution in [3.05, 3.63) is 35.5 Å². The summed E-state index contributed by atoms with van der Waals surface area (Å²) in [6.45, 7) is 6.60. The average Bonchev–Trinajstić information content (AvgIpc) is 3.08. The van der Waals surface area contributed by atoms with Crippen molar-refractivity contribution in [2.24, 2.45) is 0 Å². The molecule has 30 heavy (non-hydrogen) atoms. The van der Waals surface area contributed by atoms with Gasteiger partial charge in [-0.25, -0.2) is 0 Å². The van der Waals surface area contributed by atoms with Crippen LogP contribution >= 0.6 is 0 Å². The van der Waals surface area contributed by atoms with E-state index in [9.17, 15) is 18.0 Å². The van der Waals surface area contributed by atoms with Crippen LogP contribution in [0, 0.1) is 12.3 Å². The molecule has 0 fully saturated rings. The fourth-order valence-electron chi connectivity index (χ4n) is 5.13. The number of nitrogens with zero attached hydrogens (tertiary/aromatic N) is 2. The van der Waals surface area contributed by atoms with Gasteiger partial charge < -0.3 is 9.13 Å². The van der Waals surface area contributed by atoms with Crippen LogP contribution in [0.5, 0.6) is 0 Å². The van der Waals surface area contributed by atoms with E-state index in [1.165, 1.54) is 0 Å². The lowest BCUT2D eigenvalue weighted by molar-refractivity contribution is -0.188. The van der Waals surface area contributed by atoms with Gasteiger partial charge in [0.15, 0.2) is 8.24 Å². The van der Waals surface area contributed by atoms with Crippen molar-refractivity contribution in [3.63, 3.8) is 0 Å². The van der Waals surface area contributed by atoms with Crippen molar-refractivity contribution in [1.82, 2.24) is 9.13 Å². The molecule has 0 N–H and O–H groups in total. The molecule has 1 aromatic carbocycles. The zero-order valence-electron chi connectivity index (χ0n) is 17.9. The minimum absolute atomic E-state index is 0.0630. The number of rotatable bonds is 6. The summed E-state index contributed by atoms with van der Waals surface area (Å²) in [4.78, 5) is 13.4. The second-order valence-electron chi connectivity index (χ2n) is 8.01. The molecule has 162 valence electrons. The number of aromatic nitrogens is 1. The van der Waals surface area contributed by atoms with E-state index >= 15 is 0 Å². The van der Waals surface area contributed by atoms with Crippen LogP contribution in [0.2, 0.25) is 18.1 Å². The van der Waals surface area contributed by atoms with E-state index in [2.05, 4.69) is 43.1 Å². The van der Waals surface area contributed by atoms with Crippen molar-refractivity contribution >= 4 is 25.0 Å². The number of amides is 1. The van der Waals surface area contributed by atoms with Crippen LogP contribution < -0.4 is 0 Å². The van der Waals surface area contributed by atoms with Crippen LogP contribution in [0.15, 0.2) is 24.3 Å². The lowest BCUT2D eigenvalue weighted by Crippen LogP contribution is -2.49. The Morgan fingerprint density at radius 3 is 2.40 bits per heavy atom. The van der Waals surface area contributed by atoms with Gasteiger partial charge in [0.1, 0.15) is 0 Å². The Bertz CT molecular complexity index is 961. The molecule has 3 rings (SSSR count). The fraction of sp³-hybridized carbons (Fsp3) is 0.522. The first-order valence-electron chi connectivity index (χ1n) is 10.7. The molecule has 0 spiro atoms. The molecule has 0 saturated heterocycles. The summed E-state index contributed by atoms with van der Waals surface area (Å²) in [5.74, 6) is 0.800. The summed E-state index contributed by atoms with van der Waals surface area (Å²) in [5.41, 5.74) is 3.07. The Balaban J connectivity index is 2.32. The molecule has 0 saturated carbocycles.